The van der Waals surface area contributed by atoms with Gasteiger partial charge in [-0.25, -0.2) is 9.59 Å². The van der Waals surface area contributed by atoms with Crippen LogP contribution in [0.5, 0.6) is 11.5 Å². The molecule has 7 heteroatoms. The maximum Gasteiger partial charge on any atom is 0.343 e. The van der Waals surface area contributed by atoms with Gasteiger partial charge in [0.25, 0.3) is 0 Å². The lowest BCUT2D eigenvalue weighted by Crippen LogP contribution is -2.09. The van der Waals surface area contributed by atoms with Crippen molar-refractivity contribution < 1.29 is 23.8 Å². The molecule has 0 saturated carbocycles. The number of anilines is 1. The maximum atomic E-state index is 12.3. The number of ether oxygens (including phenoxy) is 3. The largest absolute Gasteiger partial charge is 0.492 e. The van der Waals surface area contributed by atoms with Crippen LogP contribution in [0.25, 0.3) is 0 Å². The van der Waals surface area contributed by atoms with E-state index in [2.05, 4.69) is 27.8 Å². The van der Waals surface area contributed by atoms with E-state index in [1.54, 1.807) is 30.3 Å². The predicted octanol–water partition coefficient (Wildman–Crippen LogP) is 4.60. The minimum atomic E-state index is -0.450. The van der Waals surface area contributed by atoms with Gasteiger partial charge in [0, 0.05) is 18.8 Å². The summed E-state index contributed by atoms with van der Waals surface area (Å²) in [7, 11) is 1.82. The van der Waals surface area contributed by atoms with Crippen molar-refractivity contribution in [1.82, 2.24) is 0 Å². The van der Waals surface area contributed by atoms with E-state index in [1.165, 1.54) is 0 Å². The molecule has 0 amide bonds. The van der Waals surface area contributed by atoms with Crippen molar-refractivity contribution in [2.75, 3.05) is 25.6 Å². The van der Waals surface area contributed by atoms with Gasteiger partial charge in [-0.05, 0) is 71.2 Å². The summed E-state index contributed by atoms with van der Waals surface area (Å²) >= 11 is 3.41. The second-order valence-corrected chi connectivity index (χ2v) is 6.59. The molecule has 0 aliphatic heterocycles. The zero-order valence-electron chi connectivity index (χ0n) is 15.6. The molecule has 0 bridgehead atoms. The van der Waals surface area contributed by atoms with E-state index in [0.29, 0.717) is 41.2 Å². The van der Waals surface area contributed by atoms with Gasteiger partial charge >= 0.3 is 11.9 Å². The molecule has 0 aliphatic rings. The maximum absolute atomic E-state index is 12.3. The van der Waals surface area contributed by atoms with Gasteiger partial charge in [0.1, 0.15) is 11.5 Å². The summed E-state index contributed by atoms with van der Waals surface area (Å²) in [5.41, 5.74) is 1.34. The first-order valence-electron chi connectivity index (χ1n) is 8.75. The number of esters is 2. The molecule has 2 rings (SSSR count). The summed E-state index contributed by atoms with van der Waals surface area (Å²) in [5.74, 6) is 0.216. The number of rotatable bonds is 10. The minimum Gasteiger partial charge on any atom is -0.492 e. The number of carbonyl (C=O) groups excluding carboxylic acids is 2. The molecule has 2 aromatic carbocycles. The van der Waals surface area contributed by atoms with E-state index in [-0.39, 0.29) is 0 Å². The van der Waals surface area contributed by atoms with Gasteiger partial charge < -0.3 is 19.5 Å². The van der Waals surface area contributed by atoms with Crippen LogP contribution in [-0.4, -0.2) is 32.2 Å². The average molecular weight is 448 g/mol. The van der Waals surface area contributed by atoms with Crippen LogP contribution in [0.4, 0.5) is 5.69 Å². The molecule has 0 aromatic heterocycles. The molecule has 28 heavy (non-hydrogen) atoms. The molecule has 0 radical (unpaired) electrons. The number of nitrogens with one attached hydrogen (secondary N) is 1. The summed E-state index contributed by atoms with van der Waals surface area (Å²) in [4.78, 5) is 23.2. The number of benzene rings is 2. The number of carbonyl (C=O) groups is 2. The summed E-state index contributed by atoms with van der Waals surface area (Å²) in [6.07, 6.45) is 2.55. The smallest absolute Gasteiger partial charge is 0.343 e. The molecular formula is C21H22BrNO5. The zero-order valence-corrected chi connectivity index (χ0v) is 17.2. The van der Waals surface area contributed by atoms with E-state index >= 15 is 0 Å². The lowest BCUT2D eigenvalue weighted by Gasteiger charge is -2.10. The Labute approximate surface area is 172 Å². The molecule has 0 heterocycles. The van der Waals surface area contributed by atoms with Crippen LogP contribution in [0.1, 0.15) is 23.2 Å². The number of hydrogen-bond donors (Lipinski definition) is 1. The van der Waals surface area contributed by atoms with Crippen LogP contribution in [-0.2, 0) is 9.53 Å². The monoisotopic (exact) mass is 447 g/mol. The highest BCUT2D eigenvalue weighted by atomic mass is 79.9. The Bertz CT molecular complexity index is 820. The fourth-order valence-corrected chi connectivity index (χ4v) is 2.71. The van der Waals surface area contributed by atoms with Crippen molar-refractivity contribution in [1.29, 1.82) is 0 Å². The van der Waals surface area contributed by atoms with Crippen LogP contribution in [0.2, 0.25) is 0 Å². The van der Waals surface area contributed by atoms with Crippen LogP contribution in [0.3, 0.4) is 0 Å². The summed E-state index contributed by atoms with van der Waals surface area (Å²) in [6.45, 7) is 4.13. The molecule has 0 atom stereocenters. The van der Waals surface area contributed by atoms with E-state index in [4.69, 9.17) is 14.2 Å². The number of halogens is 1. The fourth-order valence-electron chi connectivity index (χ4n) is 2.22. The lowest BCUT2D eigenvalue weighted by atomic mass is 10.2. The second-order valence-electron chi connectivity index (χ2n) is 5.74. The van der Waals surface area contributed by atoms with Gasteiger partial charge in [-0.1, -0.05) is 6.58 Å². The van der Waals surface area contributed by atoms with Crippen molar-refractivity contribution >= 4 is 33.6 Å². The molecule has 0 fully saturated rings. The molecule has 6 nitrogen and oxygen atoms in total. The number of unbranched alkanes of at least 4 members (excludes halogenated alkanes) is 1. The highest BCUT2D eigenvalue weighted by Gasteiger charge is 2.12. The quantitative estimate of drug-likeness (QED) is 0.248. The van der Waals surface area contributed by atoms with Crippen molar-refractivity contribution in [3.05, 3.63) is 65.2 Å². The topological polar surface area (TPSA) is 73.9 Å². The Morgan fingerprint density at radius 1 is 1.11 bits per heavy atom. The first-order valence-corrected chi connectivity index (χ1v) is 9.54. The van der Waals surface area contributed by atoms with Crippen LogP contribution < -0.4 is 14.8 Å². The van der Waals surface area contributed by atoms with E-state index in [0.717, 1.165) is 18.2 Å². The Morgan fingerprint density at radius 2 is 1.82 bits per heavy atom. The SMILES string of the molecule is C=CC(=O)OCCCCOc1ccc(C(=O)Oc2ccc(NC)cc2)cc1Br. The fraction of sp³-hybridized carbons (Fsp3) is 0.238. The van der Waals surface area contributed by atoms with E-state index < -0.39 is 11.9 Å². The average Bonchev–Trinajstić information content (AvgIpc) is 2.71. The molecule has 0 spiro atoms. The van der Waals surface area contributed by atoms with Crippen molar-refractivity contribution in [3.63, 3.8) is 0 Å². The van der Waals surface area contributed by atoms with Gasteiger partial charge in [0.15, 0.2) is 0 Å². The predicted molar refractivity (Wildman–Crippen MR) is 111 cm³/mol. The standard InChI is InChI=1S/C21H22BrNO5/c1-3-20(24)27-13-5-4-12-26-19-11-6-15(14-18(19)22)21(25)28-17-9-7-16(23-2)8-10-17/h3,6-11,14,23H,1,4-5,12-13H2,2H3. The second kappa shape index (κ2) is 11.1. The highest BCUT2D eigenvalue weighted by molar-refractivity contribution is 9.10. The molecule has 0 saturated heterocycles. The van der Waals surface area contributed by atoms with Gasteiger partial charge in [-0.3, -0.25) is 0 Å². The number of hydrogen-bond acceptors (Lipinski definition) is 6. The lowest BCUT2D eigenvalue weighted by molar-refractivity contribution is -0.137. The molecule has 0 unspecified atom stereocenters. The first kappa shape index (κ1) is 21.5. The third-order valence-corrected chi connectivity index (χ3v) is 4.35. The molecule has 2 aromatic rings. The van der Waals surface area contributed by atoms with Crippen LogP contribution in [0.15, 0.2) is 59.6 Å². The Hall–Kier alpha value is -2.80. The van der Waals surface area contributed by atoms with Gasteiger partial charge in [-0.15, -0.1) is 0 Å². The third-order valence-electron chi connectivity index (χ3n) is 3.73. The van der Waals surface area contributed by atoms with Gasteiger partial charge in [-0.2, -0.15) is 0 Å². The van der Waals surface area contributed by atoms with Crippen molar-refractivity contribution in [2.24, 2.45) is 0 Å². The van der Waals surface area contributed by atoms with Crippen LogP contribution >= 0.6 is 15.9 Å². The Kier molecular flexibility index (Phi) is 8.55. The summed E-state index contributed by atoms with van der Waals surface area (Å²) in [6, 6.07) is 12.1. The van der Waals surface area contributed by atoms with E-state index in [9.17, 15) is 9.59 Å². The third kappa shape index (κ3) is 6.74. The van der Waals surface area contributed by atoms with Crippen molar-refractivity contribution in [3.8, 4) is 11.5 Å². The zero-order chi connectivity index (χ0) is 20.4. The molecular weight excluding hydrogens is 426 g/mol. The first-order chi connectivity index (χ1) is 13.5. The van der Waals surface area contributed by atoms with Gasteiger partial charge in [0.05, 0.1) is 23.2 Å². The van der Waals surface area contributed by atoms with Crippen molar-refractivity contribution in [2.45, 2.75) is 12.8 Å². The van der Waals surface area contributed by atoms with Crippen LogP contribution in [0, 0.1) is 0 Å². The Balaban J connectivity index is 1.82. The van der Waals surface area contributed by atoms with Gasteiger partial charge in [0.2, 0.25) is 0 Å². The summed E-state index contributed by atoms with van der Waals surface area (Å²) < 4.78 is 16.6. The molecule has 0 aliphatic carbocycles. The Morgan fingerprint density at radius 3 is 2.46 bits per heavy atom. The normalized spacial score (nSPS) is 10.1. The minimum absolute atomic E-state index is 0.329. The highest BCUT2D eigenvalue weighted by Crippen LogP contribution is 2.27. The molecule has 1 N–H and O–H groups in total. The molecule has 148 valence electrons. The van der Waals surface area contributed by atoms with E-state index in [1.807, 2.05) is 19.2 Å². The summed E-state index contributed by atoms with van der Waals surface area (Å²) in [5, 5.41) is 3.00.